The molecule has 0 bridgehead atoms. The van der Waals surface area contributed by atoms with Gasteiger partial charge in [-0.2, -0.15) is 0 Å². The highest BCUT2D eigenvalue weighted by Crippen LogP contribution is 2.11. The van der Waals surface area contributed by atoms with E-state index in [2.05, 4.69) is 45.9 Å². The van der Waals surface area contributed by atoms with Gasteiger partial charge < -0.3 is 0 Å². The van der Waals surface area contributed by atoms with Crippen molar-refractivity contribution in [2.24, 2.45) is 0 Å². The van der Waals surface area contributed by atoms with E-state index in [4.69, 9.17) is 11.6 Å². The summed E-state index contributed by atoms with van der Waals surface area (Å²) >= 11 is 5.64. The number of hydrogen-bond acceptors (Lipinski definition) is 0. The molecule has 0 aromatic rings. The second-order valence-corrected chi connectivity index (χ2v) is 4.92. The normalized spacial score (nSPS) is 12.8. The first kappa shape index (κ1) is 15.5. The fraction of sp³-hybridized carbons (Fsp3) is 0.600. The van der Waals surface area contributed by atoms with E-state index in [9.17, 15) is 0 Å². The van der Waals surface area contributed by atoms with E-state index in [1.807, 2.05) is 0 Å². The Labute approximate surface area is 106 Å². The molecule has 0 amide bonds. The first-order chi connectivity index (χ1) is 7.56. The molecule has 0 saturated carbocycles. The van der Waals surface area contributed by atoms with E-state index in [0.29, 0.717) is 5.88 Å². The average molecular weight is 241 g/mol. The second-order valence-electron chi connectivity index (χ2n) is 4.61. The molecule has 0 aliphatic rings. The summed E-state index contributed by atoms with van der Waals surface area (Å²) in [6.07, 6.45) is 11.4. The molecule has 0 aromatic carbocycles. The van der Waals surface area contributed by atoms with Crippen molar-refractivity contribution in [1.82, 2.24) is 0 Å². The minimum atomic E-state index is 0.634. The summed E-state index contributed by atoms with van der Waals surface area (Å²) in [6.45, 7) is 8.67. The molecule has 0 spiro atoms. The van der Waals surface area contributed by atoms with Gasteiger partial charge in [0.1, 0.15) is 0 Å². The Morgan fingerprint density at radius 3 is 1.81 bits per heavy atom. The number of allylic oxidation sites excluding steroid dienone is 6. The highest BCUT2D eigenvalue weighted by molar-refractivity contribution is 6.18. The first-order valence-corrected chi connectivity index (χ1v) is 6.60. The fourth-order valence-corrected chi connectivity index (χ4v) is 1.73. The van der Waals surface area contributed by atoms with E-state index in [0.717, 1.165) is 12.8 Å². The molecule has 0 unspecified atom stereocenters. The molecule has 0 fully saturated rings. The summed E-state index contributed by atoms with van der Waals surface area (Å²) in [5, 5.41) is 0. The van der Waals surface area contributed by atoms with Gasteiger partial charge in [0.25, 0.3) is 0 Å². The van der Waals surface area contributed by atoms with Crippen molar-refractivity contribution in [3.63, 3.8) is 0 Å². The SMILES string of the molecule is CC(C)=CCC/C(C)=C/CC/C(C)=C\CCl. The Morgan fingerprint density at radius 1 is 0.812 bits per heavy atom. The number of rotatable bonds is 7. The largest absolute Gasteiger partial charge is 0.122 e. The van der Waals surface area contributed by atoms with E-state index in [1.54, 1.807) is 0 Å². The van der Waals surface area contributed by atoms with Crippen LogP contribution in [0.4, 0.5) is 0 Å². The van der Waals surface area contributed by atoms with E-state index in [1.165, 1.54) is 29.6 Å². The van der Waals surface area contributed by atoms with Gasteiger partial charge in [0.05, 0.1) is 0 Å². The standard InChI is InChI=1S/C15H25Cl/c1-13(2)7-5-8-14(3)9-6-10-15(4)11-12-16/h7,9,11H,5-6,8,10,12H2,1-4H3/b14-9+,15-11-. The van der Waals surface area contributed by atoms with Gasteiger partial charge in [-0.3, -0.25) is 0 Å². The van der Waals surface area contributed by atoms with Crippen LogP contribution in [0.3, 0.4) is 0 Å². The molecule has 16 heavy (non-hydrogen) atoms. The van der Waals surface area contributed by atoms with Crippen LogP contribution in [-0.2, 0) is 0 Å². The van der Waals surface area contributed by atoms with Gasteiger partial charge >= 0.3 is 0 Å². The van der Waals surface area contributed by atoms with Crippen molar-refractivity contribution in [2.45, 2.75) is 53.4 Å². The van der Waals surface area contributed by atoms with Crippen LogP contribution in [0.2, 0.25) is 0 Å². The summed E-state index contributed by atoms with van der Waals surface area (Å²) in [4.78, 5) is 0. The van der Waals surface area contributed by atoms with Crippen LogP contribution in [0.5, 0.6) is 0 Å². The van der Waals surface area contributed by atoms with Crippen LogP contribution in [0.15, 0.2) is 34.9 Å². The molecule has 0 rings (SSSR count). The molecule has 0 aromatic heterocycles. The van der Waals surface area contributed by atoms with Crippen molar-refractivity contribution in [3.8, 4) is 0 Å². The van der Waals surface area contributed by atoms with E-state index < -0.39 is 0 Å². The molecule has 0 nitrogen and oxygen atoms in total. The van der Waals surface area contributed by atoms with Gasteiger partial charge in [-0.25, -0.2) is 0 Å². The lowest BCUT2D eigenvalue weighted by atomic mass is 10.1. The molecule has 1 heteroatoms. The van der Waals surface area contributed by atoms with Gasteiger partial charge in [0.15, 0.2) is 0 Å². The fourth-order valence-electron chi connectivity index (χ4n) is 1.47. The van der Waals surface area contributed by atoms with Crippen LogP contribution in [-0.4, -0.2) is 5.88 Å². The zero-order chi connectivity index (χ0) is 12.4. The van der Waals surface area contributed by atoms with Gasteiger partial charge in [-0.1, -0.05) is 34.9 Å². The molecule has 0 aliphatic carbocycles. The summed E-state index contributed by atoms with van der Waals surface area (Å²) < 4.78 is 0. The van der Waals surface area contributed by atoms with Crippen LogP contribution in [0.1, 0.15) is 53.4 Å². The van der Waals surface area contributed by atoms with Crippen molar-refractivity contribution in [2.75, 3.05) is 5.88 Å². The highest BCUT2D eigenvalue weighted by Gasteiger charge is 1.91. The molecule has 0 aliphatic heterocycles. The maximum absolute atomic E-state index is 5.64. The first-order valence-electron chi connectivity index (χ1n) is 6.07. The van der Waals surface area contributed by atoms with Gasteiger partial charge in [-0.05, 0) is 53.4 Å². The molecular formula is C15H25Cl. The zero-order valence-electron chi connectivity index (χ0n) is 11.1. The average Bonchev–Trinajstić information content (AvgIpc) is 2.17. The maximum atomic E-state index is 5.64. The summed E-state index contributed by atoms with van der Waals surface area (Å²) in [5.41, 5.74) is 4.30. The molecule has 92 valence electrons. The quantitative estimate of drug-likeness (QED) is 0.399. The third-order valence-electron chi connectivity index (χ3n) is 2.55. The predicted molar refractivity (Wildman–Crippen MR) is 76.1 cm³/mol. The van der Waals surface area contributed by atoms with Crippen LogP contribution >= 0.6 is 11.6 Å². The molecule has 0 atom stereocenters. The molecular weight excluding hydrogens is 216 g/mol. The smallest absolute Gasteiger partial charge is 0.0406 e. The topological polar surface area (TPSA) is 0 Å². The van der Waals surface area contributed by atoms with Crippen molar-refractivity contribution >= 4 is 11.6 Å². The third kappa shape index (κ3) is 10.0. The van der Waals surface area contributed by atoms with E-state index >= 15 is 0 Å². The minimum Gasteiger partial charge on any atom is -0.122 e. The number of halogens is 1. The van der Waals surface area contributed by atoms with Gasteiger partial charge in [0.2, 0.25) is 0 Å². The Kier molecular flexibility index (Phi) is 9.42. The Hall–Kier alpha value is -0.490. The summed E-state index contributed by atoms with van der Waals surface area (Å²) in [7, 11) is 0. The van der Waals surface area contributed by atoms with Crippen molar-refractivity contribution in [1.29, 1.82) is 0 Å². The molecule has 0 saturated heterocycles. The predicted octanol–water partition coefficient (Wildman–Crippen LogP) is 5.64. The minimum absolute atomic E-state index is 0.634. The van der Waals surface area contributed by atoms with Crippen molar-refractivity contribution < 1.29 is 0 Å². The van der Waals surface area contributed by atoms with Crippen LogP contribution < -0.4 is 0 Å². The van der Waals surface area contributed by atoms with Crippen LogP contribution in [0, 0.1) is 0 Å². The second kappa shape index (κ2) is 9.72. The maximum Gasteiger partial charge on any atom is 0.0406 e. The number of alkyl halides is 1. The summed E-state index contributed by atoms with van der Waals surface area (Å²) in [5.74, 6) is 0.634. The third-order valence-corrected chi connectivity index (χ3v) is 2.70. The molecule has 0 heterocycles. The monoisotopic (exact) mass is 240 g/mol. The van der Waals surface area contributed by atoms with E-state index in [-0.39, 0.29) is 0 Å². The highest BCUT2D eigenvalue weighted by atomic mass is 35.5. The van der Waals surface area contributed by atoms with Gasteiger partial charge in [0, 0.05) is 5.88 Å². The lowest BCUT2D eigenvalue weighted by Gasteiger charge is -2.00. The van der Waals surface area contributed by atoms with Crippen LogP contribution in [0.25, 0.3) is 0 Å². The van der Waals surface area contributed by atoms with Gasteiger partial charge in [-0.15, -0.1) is 11.6 Å². The Bertz CT molecular complexity index is 265. The molecule has 0 radical (unpaired) electrons. The zero-order valence-corrected chi connectivity index (χ0v) is 11.9. The lowest BCUT2D eigenvalue weighted by molar-refractivity contribution is 0.917. The molecule has 0 N–H and O–H groups in total. The Morgan fingerprint density at radius 2 is 1.31 bits per heavy atom. The number of hydrogen-bond donors (Lipinski definition) is 0. The van der Waals surface area contributed by atoms with Crippen molar-refractivity contribution in [3.05, 3.63) is 34.9 Å². The summed E-state index contributed by atoms with van der Waals surface area (Å²) in [6, 6.07) is 0. The Balaban J connectivity index is 3.79. The lowest BCUT2D eigenvalue weighted by Crippen LogP contribution is -1.81.